The van der Waals surface area contributed by atoms with Gasteiger partial charge in [-0.25, -0.2) is 4.98 Å². The van der Waals surface area contributed by atoms with Crippen molar-refractivity contribution in [3.63, 3.8) is 0 Å². The maximum Gasteiger partial charge on any atom is 0.256 e. The van der Waals surface area contributed by atoms with E-state index in [2.05, 4.69) is 9.97 Å². The number of amides is 2. The fourth-order valence-corrected chi connectivity index (χ4v) is 5.52. The van der Waals surface area contributed by atoms with Crippen molar-refractivity contribution in [2.45, 2.75) is 70.4 Å². The molecule has 0 bridgehead atoms. The number of H-pyrrole nitrogens is 1. The van der Waals surface area contributed by atoms with Gasteiger partial charge in [-0.15, -0.1) is 0 Å². The summed E-state index contributed by atoms with van der Waals surface area (Å²) in [6, 6.07) is 3.18. The standard InChI is InChI=1S/C25H31N5O3/c31-22(15-17-5-1-2-6-17)29-14-10-20-19(16-29)24(32)28-23(27-20)21-7-3-4-13-30(21)25(33)18-8-11-26-12-9-18/h8-9,11-12,17,21H,1-7,10,13-16H2,(H,27,28,32)/t21-/m0/s1. The van der Waals surface area contributed by atoms with Crippen molar-refractivity contribution in [2.75, 3.05) is 13.1 Å². The van der Waals surface area contributed by atoms with E-state index in [1.165, 1.54) is 12.8 Å². The maximum absolute atomic E-state index is 13.2. The quantitative estimate of drug-likeness (QED) is 0.774. The summed E-state index contributed by atoms with van der Waals surface area (Å²) in [5, 5.41) is 0. The highest BCUT2D eigenvalue weighted by Crippen LogP contribution is 2.31. The molecule has 0 radical (unpaired) electrons. The molecule has 1 N–H and O–H groups in total. The molecule has 1 saturated heterocycles. The highest BCUT2D eigenvalue weighted by atomic mass is 16.2. The molecule has 8 nitrogen and oxygen atoms in total. The summed E-state index contributed by atoms with van der Waals surface area (Å²) >= 11 is 0. The van der Waals surface area contributed by atoms with E-state index < -0.39 is 0 Å². The topological polar surface area (TPSA) is 99.3 Å². The van der Waals surface area contributed by atoms with E-state index in [-0.39, 0.29) is 23.4 Å². The van der Waals surface area contributed by atoms with Crippen LogP contribution in [0.3, 0.4) is 0 Å². The molecule has 33 heavy (non-hydrogen) atoms. The lowest BCUT2D eigenvalue weighted by Gasteiger charge is -2.36. The van der Waals surface area contributed by atoms with Crippen LogP contribution in [0.2, 0.25) is 0 Å². The Morgan fingerprint density at radius 2 is 1.79 bits per heavy atom. The van der Waals surface area contributed by atoms with Crippen molar-refractivity contribution in [1.29, 1.82) is 0 Å². The van der Waals surface area contributed by atoms with Crippen molar-refractivity contribution in [3.05, 3.63) is 57.5 Å². The summed E-state index contributed by atoms with van der Waals surface area (Å²) in [5.41, 5.74) is 1.76. The third-order valence-electron chi connectivity index (χ3n) is 7.38. The zero-order chi connectivity index (χ0) is 22.8. The summed E-state index contributed by atoms with van der Waals surface area (Å²) in [6.45, 7) is 1.56. The SMILES string of the molecule is O=C(CC1CCCC1)N1CCc2nc([C@@H]3CCCCN3C(=O)c3ccncc3)[nH]c(=O)c2C1. The molecule has 4 heterocycles. The van der Waals surface area contributed by atoms with Gasteiger partial charge in [0, 0.05) is 43.9 Å². The second-order valence-corrected chi connectivity index (χ2v) is 9.54. The lowest BCUT2D eigenvalue weighted by molar-refractivity contribution is -0.133. The van der Waals surface area contributed by atoms with Gasteiger partial charge in [0.2, 0.25) is 5.91 Å². The van der Waals surface area contributed by atoms with Gasteiger partial charge in [-0.2, -0.15) is 0 Å². The minimum Gasteiger partial charge on any atom is -0.338 e. The molecule has 8 heteroatoms. The Hall–Kier alpha value is -3.03. The second-order valence-electron chi connectivity index (χ2n) is 9.54. The molecule has 0 spiro atoms. The fraction of sp³-hybridized carbons (Fsp3) is 0.560. The normalized spacial score (nSPS) is 21.2. The Balaban J connectivity index is 1.35. The van der Waals surface area contributed by atoms with Gasteiger partial charge in [0.15, 0.2) is 0 Å². The van der Waals surface area contributed by atoms with Gasteiger partial charge < -0.3 is 14.8 Å². The summed E-state index contributed by atoms with van der Waals surface area (Å²) in [6.07, 6.45) is 11.8. The third-order valence-corrected chi connectivity index (χ3v) is 7.38. The van der Waals surface area contributed by atoms with Gasteiger partial charge in [0.05, 0.1) is 23.8 Å². The van der Waals surface area contributed by atoms with Gasteiger partial charge in [0.1, 0.15) is 5.82 Å². The number of fused-ring (bicyclic) bond motifs is 1. The number of nitrogens with one attached hydrogen (secondary N) is 1. The highest BCUT2D eigenvalue weighted by molar-refractivity contribution is 5.94. The highest BCUT2D eigenvalue weighted by Gasteiger charge is 2.33. The molecule has 1 atom stereocenters. The molecule has 1 saturated carbocycles. The molecule has 174 valence electrons. The number of aromatic amines is 1. The molecule has 2 aliphatic heterocycles. The van der Waals surface area contributed by atoms with Gasteiger partial charge >= 0.3 is 0 Å². The predicted octanol–water partition coefficient (Wildman–Crippen LogP) is 3.00. The van der Waals surface area contributed by atoms with Gasteiger partial charge in [-0.05, 0) is 50.2 Å². The van der Waals surface area contributed by atoms with E-state index in [9.17, 15) is 14.4 Å². The van der Waals surface area contributed by atoms with Crippen LogP contribution >= 0.6 is 0 Å². The van der Waals surface area contributed by atoms with E-state index in [0.29, 0.717) is 55.3 Å². The first kappa shape index (κ1) is 21.8. The molecule has 5 rings (SSSR count). The van der Waals surface area contributed by atoms with E-state index in [1.54, 1.807) is 24.5 Å². The lowest BCUT2D eigenvalue weighted by Crippen LogP contribution is -2.42. The molecular weight excluding hydrogens is 418 g/mol. The molecule has 2 amide bonds. The fourth-order valence-electron chi connectivity index (χ4n) is 5.52. The number of pyridine rings is 1. The number of aromatic nitrogens is 3. The number of carbonyl (C=O) groups is 2. The van der Waals surface area contributed by atoms with Gasteiger partial charge in [-0.3, -0.25) is 19.4 Å². The Labute approximate surface area is 193 Å². The van der Waals surface area contributed by atoms with E-state index >= 15 is 0 Å². The molecule has 0 aromatic carbocycles. The molecule has 2 aromatic heterocycles. The molecular formula is C25H31N5O3. The van der Waals surface area contributed by atoms with Crippen LogP contribution in [0.5, 0.6) is 0 Å². The van der Waals surface area contributed by atoms with Crippen LogP contribution in [0.1, 0.15) is 84.8 Å². The maximum atomic E-state index is 13.2. The van der Waals surface area contributed by atoms with Crippen molar-refractivity contribution < 1.29 is 9.59 Å². The van der Waals surface area contributed by atoms with Crippen LogP contribution in [0, 0.1) is 5.92 Å². The van der Waals surface area contributed by atoms with Gasteiger partial charge in [0.25, 0.3) is 11.5 Å². The number of likely N-dealkylation sites (tertiary alicyclic amines) is 1. The zero-order valence-electron chi connectivity index (χ0n) is 19.0. The smallest absolute Gasteiger partial charge is 0.256 e. The number of rotatable bonds is 4. The van der Waals surface area contributed by atoms with E-state index in [1.807, 2.05) is 9.80 Å². The summed E-state index contributed by atoms with van der Waals surface area (Å²) in [4.78, 5) is 54.4. The van der Waals surface area contributed by atoms with Crippen LogP contribution < -0.4 is 5.56 Å². The Morgan fingerprint density at radius 3 is 2.58 bits per heavy atom. The van der Waals surface area contributed by atoms with Crippen molar-refractivity contribution in [3.8, 4) is 0 Å². The van der Waals surface area contributed by atoms with Crippen molar-refractivity contribution >= 4 is 11.8 Å². The first-order chi connectivity index (χ1) is 16.1. The third kappa shape index (κ3) is 4.56. The minimum atomic E-state index is -0.251. The Bertz CT molecular complexity index is 1080. The molecule has 3 aliphatic rings. The van der Waals surface area contributed by atoms with Crippen LogP contribution in [-0.2, 0) is 17.8 Å². The lowest BCUT2D eigenvalue weighted by atomic mass is 9.98. The average Bonchev–Trinajstić information content (AvgIpc) is 3.37. The predicted molar refractivity (Wildman–Crippen MR) is 122 cm³/mol. The second kappa shape index (κ2) is 9.45. The van der Waals surface area contributed by atoms with Crippen molar-refractivity contribution in [2.24, 2.45) is 5.92 Å². The monoisotopic (exact) mass is 449 g/mol. The number of hydrogen-bond acceptors (Lipinski definition) is 5. The number of piperidine rings is 1. The van der Waals surface area contributed by atoms with Crippen LogP contribution in [0.15, 0.2) is 29.3 Å². The van der Waals surface area contributed by atoms with Crippen LogP contribution in [0.25, 0.3) is 0 Å². The summed E-state index contributed by atoms with van der Waals surface area (Å²) in [5.74, 6) is 1.14. The number of nitrogens with zero attached hydrogens (tertiary/aromatic N) is 4. The molecule has 2 fully saturated rings. The molecule has 2 aromatic rings. The average molecular weight is 450 g/mol. The van der Waals surface area contributed by atoms with Gasteiger partial charge in [-0.1, -0.05) is 12.8 Å². The minimum absolute atomic E-state index is 0.0637. The van der Waals surface area contributed by atoms with E-state index in [0.717, 1.165) is 37.8 Å². The van der Waals surface area contributed by atoms with Crippen LogP contribution in [-0.4, -0.2) is 49.7 Å². The van der Waals surface area contributed by atoms with E-state index in [4.69, 9.17) is 4.98 Å². The Kier molecular flexibility index (Phi) is 6.24. The largest absolute Gasteiger partial charge is 0.338 e. The molecule has 1 aliphatic carbocycles. The van der Waals surface area contributed by atoms with Crippen molar-refractivity contribution in [1.82, 2.24) is 24.8 Å². The Morgan fingerprint density at radius 1 is 1.03 bits per heavy atom. The zero-order valence-corrected chi connectivity index (χ0v) is 19.0. The van der Waals surface area contributed by atoms with Crippen LogP contribution in [0.4, 0.5) is 0 Å². The number of carbonyl (C=O) groups excluding carboxylic acids is 2. The summed E-state index contributed by atoms with van der Waals surface area (Å²) in [7, 11) is 0. The first-order valence-electron chi connectivity index (χ1n) is 12.2. The molecule has 0 unspecified atom stereocenters. The summed E-state index contributed by atoms with van der Waals surface area (Å²) < 4.78 is 0. The first-order valence-corrected chi connectivity index (χ1v) is 12.2. The number of hydrogen-bond donors (Lipinski definition) is 1.